The van der Waals surface area contributed by atoms with Crippen LogP contribution in [0.5, 0.6) is 0 Å². The minimum atomic E-state index is -0.165. The Morgan fingerprint density at radius 3 is 2.05 bits per heavy atom. The van der Waals surface area contributed by atoms with E-state index < -0.39 is 0 Å². The molecule has 0 saturated heterocycles. The Labute approximate surface area is 117 Å². The summed E-state index contributed by atoms with van der Waals surface area (Å²) in [5.41, 5.74) is 1.79. The monoisotopic (exact) mass is 258 g/mol. The number of carbonyl (C=O) groups is 1. The molecule has 0 atom stereocenters. The molecule has 0 amide bonds. The summed E-state index contributed by atoms with van der Waals surface area (Å²) in [5, 5.41) is 18.1. The summed E-state index contributed by atoms with van der Waals surface area (Å²) in [6, 6.07) is 17.8. The number of allylic oxidation sites excluding steroid dienone is 1. The zero-order valence-electron chi connectivity index (χ0n) is 10.6. The lowest BCUT2D eigenvalue weighted by atomic mass is 10.0. The molecule has 2 aromatic rings. The zero-order chi connectivity index (χ0) is 14.4. The molecule has 0 aromatic heterocycles. The SMILES string of the molecule is N#Cc1cccc(C#N)c1/C=C/C(=O)c1ccccc1. The van der Waals surface area contributed by atoms with Crippen molar-refractivity contribution in [1.82, 2.24) is 0 Å². The highest BCUT2D eigenvalue weighted by Crippen LogP contribution is 2.16. The minimum Gasteiger partial charge on any atom is -0.289 e. The van der Waals surface area contributed by atoms with Crippen LogP contribution in [0.25, 0.3) is 6.08 Å². The van der Waals surface area contributed by atoms with E-state index in [0.717, 1.165) is 0 Å². The number of hydrogen-bond donors (Lipinski definition) is 0. The van der Waals surface area contributed by atoms with E-state index in [1.165, 1.54) is 12.2 Å². The molecule has 2 aromatic carbocycles. The summed E-state index contributed by atoms with van der Waals surface area (Å²) in [5.74, 6) is -0.165. The quantitative estimate of drug-likeness (QED) is 0.626. The fourth-order valence-corrected chi connectivity index (χ4v) is 1.80. The van der Waals surface area contributed by atoms with E-state index in [9.17, 15) is 4.79 Å². The van der Waals surface area contributed by atoms with Gasteiger partial charge in [0, 0.05) is 11.1 Å². The van der Waals surface area contributed by atoms with Gasteiger partial charge >= 0.3 is 0 Å². The molecule has 0 fully saturated rings. The Hall–Kier alpha value is -3.17. The van der Waals surface area contributed by atoms with Gasteiger partial charge in [0.2, 0.25) is 0 Å². The van der Waals surface area contributed by atoms with Crippen LogP contribution in [0.15, 0.2) is 54.6 Å². The molecular weight excluding hydrogens is 248 g/mol. The van der Waals surface area contributed by atoms with Crippen molar-refractivity contribution in [3.05, 3.63) is 76.9 Å². The predicted molar refractivity (Wildman–Crippen MR) is 75.7 cm³/mol. The summed E-state index contributed by atoms with van der Waals surface area (Å²) in [7, 11) is 0. The van der Waals surface area contributed by atoms with Crippen LogP contribution in [0.4, 0.5) is 0 Å². The van der Waals surface area contributed by atoms with Crippen molar-refractivity contribution in [3.63, 3.8) is 0 Å². The summed E-state index contributed by atoms with van der Waals surface area (Å²) >= 11 is 0. The molecule has 0 N–H and O–H groups in total. The van der Waals surface area contributed by atoms with Gasteiger partial charge in [-0.1, -0.05) is 36.4 Å². The van der Waals surface area contributed by atoms with Crippen LogP contribution in [-0.4, -0.2) is 5.78 Å². The van der Waals surface area contributed by atoms with Gasteiger partial charge in [-0.25, -0.2) is 0 Å². The topological polar surface area (TPSA) is 64.7 Å². The maximum absolute atomic E-state index is 12.0. The lowest BCUT2D eigenvalue weighted by Gasteiger charge is -2.00. The molecule has 0 radical (unpaired) electrons. The van der Waals surface area contributed by atoms with Gasteiger partial charge < -0.3 is 0 Å². The number of benzene rings is 2. The Morgan fingerprint density at radius 2 is 1.50 bits per heavy atom. The van der Waals surface area contributed by atoms with Crippen LogP contribution in [0.2, 0.25) is 0 Å². The van der Waals surface area contributed by atoms with E-state index >= 15 is 0 Å². The largest absolute Gasteiger partial charge is 0.289 e. The van der Waals surface area contributed by atoms with Crippen LogP contribution in [0, 0.1) is 22.7 Å². The molecule has 3 heteroatoms. The molecule has 0 saturated carbocycles. The van der Waals surface area contributed by atoms with Crippen molar-refractivity contribution in [2.75, 3.05) is 0 Å². The second-order valence-corrected chi connectivity index (χ2v) is 4.05. The van der Waals surface area contributed by atoms with Gasteiger partial charge in [0.25, 0.3) is 0 Å². The molecule has 0 spiro atoms. The molecule has 3 nitrogen and oxygen atoms in total. The maximum atomic E-state index is 12.0. The Kier molecular flexibility index (Phi) is 4.07. The van der Waals surface area contributed by atoms with Crippen molar-refractivity contribution in [3.8, 4) is 12.1 Å². The van der Waals surface area contributed by atoms with Crippen molar-refractivity contribution < 1.29 is 4.79 Å². The van der Waals surface area contributed by atoms with Gasteiger partial charge in [-0.2, -0.15) is 10.5 Å². The van der Waals surface area contributed by atoms with E-state index in [1.807, 2.05) is 18.2 Å². The predicted octanol–water partition coefficient (Wildman–Crippen LogP) is 3.33. The standard InChI is InChI=1S/C17H10N2O/c18-11-14-7-4-8-15(12-19)16(14)9-10-17(20)13-5-2-1-3-6-13/h1-10H/b10-9+. The normalized spacial score (nSPS) is 9.90. The number of hydrogen-bond acceptors (Lipinski definition) is 3. The molecule has 0 heterocycles. The average molecular weight is 258 g/mol. The third kappa shape index (κ3) is 2.80. The number of carbonyl (C=O) groups excluding carboxylic acids is 1. The minimum absolute atomic E-state index is 0.165. The van der Waals surface area contributed by atoms with Gasteiger partial charge in [0.1, 0.15) is 0 Å². The van der Waals surface area contributed by atoms with Gasteiger partial charge in [0.05, 0.1) is 23.3 Å². The first kappa shape index (κ1) is 13.3. The fourth-order valence-electron chi connectivity index (χ4n) is 1.80. The first-order valence-corrected chi connectivity index (χ1v) is 5.97. The summed E-state index contributed by atoms with van der Waals surface area (Å²) in [6.07, 6.45) is 2.90. The molecule has 0 bridgehead atoms. The van der Waals surface area contributed by atoms with E-state index in [1.54, 1.807) is 42.5 Å². The van der Waals surface area contributed by atoms with Crippen molar-refractivity contribution in [1.29, 1.82) is 10.5 Å². The zero-order valence-corrected chi connectivity index (χ0v) is 10.6. The molecule has 94 valence electrons. The van der Waals surface area contributed by atoms with Crippen LogP contribution in [0.1, 0.15) is 27.0 Å². The summed E-state index contributed by atoms with van der Waals surface area (Å²) < 4.78 is 0. The third-order valence-corrected chi connectivity index (χ3v) is 2.81. The molecular formula is C17H10N2O. The van der Waals surface area contributed by atoms with E-state index in [2.05, 4.69) is 0 Å². The third-order valence-electron chi connectivity index (χ3n) is 2.81. The fraction of sp³-hybridized carbons (Fsp3) is 0. The van der Waals surface area contributed by atoms with Crippen LogP contribution < -0.4 is 0 Å². The van der Waals surface area contributed by atoms with Gasteiger partial charge in [-0.15, -0.1) is 0 Å². The smallest absolute Gasteiger partial charge is 0.185 e. The van der Waals surface area contributed by atoms with Crippen molar-refractivity contribution >= 4 is 11.9 Å². The van der Waals surface area contributed by atoms with Gasteiger partial charge in [0.15, 0.2) is 5.78 Å². The van der Waals surface area contributed by atoms with Gasteiger partial charge in [-0.3, -0.25) is 4.79 Å². The van der Waals surface area contributed by atoms with E-state index in [0.29, 0.717) is 22.3 Å². The maximum Gasteiger partial charge on any atom is 0.185 e. The van der Waals surface area contributed by atoms with Gasteiger partial charge in [-0.05, 0) is 24.3 Å². The summed E-state index contributed by atoms with van der Waals surface area (Å²) in [4.78, 5) is 12.0. The molecule has 0 aliphatic heterocycles. The highest BCUT2D eigenvalue weighted by molar-refractivity contribution is 6.07. The molecule has 0 aliphatic carbocycles. The number of nitrogens with zero attached hydrogens (tertiary/aromatic N) is 2. The second kappa shape index (κ2) is 6.13. The second-order valence-electron chi connectivity index (χ2n) is 4.05. The van der Waals surface area contributed by atoms with E-state index in [-0.39, 0.29) is 5.78 Å². The van der Waals surface area contributed by atoms with Crippen LogP contribution >= 0.6 is 0 Å². The molecule has 0 unspecified atom stereocenters. The van der Waals surface area contributed by atoms with E-state index in [4.69, 9.17) is 10.5 Å². The first-order valence-electron chi connectivity index (χ1n) is 5.97. The molecule has 0 aliphatic rings. The Bertz CT molecular complexity index is 715. The molecule has 2 rings (SSSR count). The number of rotatable bonds is 3. The lowest BCUT2D eigenvalue weighted by Crippen LogP contribution is -1.94. The van der Waals surface area contributed by atoms with Crippen LogP contribution in [0.3, 0.4) is 0 Å². The Balaban J connectivity index is 2.36. The number of ketones is 1. The van der Waals surface area contributed by atoms with Crippen molar-refractivity contribution in [2.24, 2.45) is 0 Å². The first-order chi connectivity index (χ1) is 9.76. The van der Waals surface area contributed by atoms with Crippen molar-refractivity contribution in [2.45, 2.75) is 0 Å². The Morgan fingerprint density at radius 1 is 0.900 bits per heavy atom. The van der Waals surface area contributed by atoms with Crippen LogP contribution in [-0.2, 0) is 0 Å². The highest BCUT2D eigenvalue weighted by Gasteiger charge is 2.06. The lowest BCUT2D eigenvalue weighted by molar-refractivity contribution is 0.104. The molecule has 20 heavy (non-hydrogen) atoms. The number of nitriles is 2. The summed E-state index contributed by atoms with van der Waals surface area (Å²) in [6.45, 7) is 0. The highest BCUT2D eigenvalue weighted by atomic mass is 16.1. The average Bonchev–Trinajstić information content (AvgIpc) is 2.52.